The first kappa shape index (κ1) is 18.7. The summed E-state index contributed by atoms with van der Waals surface area (Å²) in [5.41, 5.74) is 2.81. The van der Waals surface area contributed by atoms with Crippen molar-refractivity contribution < 1.29 is 4.39 Å². The van der Waals surface area contributed by atoms with Gasteiger partial charge in [-0.3, -0.25) is 10.4 Å². The Balaban J connectivity index is 1.37. The van der Waals surface area contributed by atoms with Crippen LogP contribution in [-0.2, 0) is 0 Å². The average molecular weight is 397 g/mol. The molecule has 1 heterocycles. The van der Waals surface area contributed by atoms with Crippen molar-refractivity contribution in [2.75, 3.05) is 5.32 Å². The number of aromatic nitrogens is 1. The van der Waals surface area contributed by atoms with Gasteiger partial charge in [-0.15, -0.1) is 0 Å². The van der Waals surface area contributed by atoms with Crippen molar-refractivity contribution in [2.45, 2.75) is 37.6 Å². The number of anilines is 1. The first-order valence-electron chi connectivity index (χ1n) is 9.50. The van der Waals surface area contributed by atoms with Crippen molar-refractivity contribution in [2.24, 2.45) is 0 Å². The molecule has 0 radical (unpaired) electrons. The Morgan fingerprint density at radius 3 is 2.68 bits per heavy atom. The van der Waals surface area contributed by atoms with Crippen LogP contribution in [-0.4, -0.2) is 17.0 Å². The molecule has 0 saturated heterocycles. The second kappa shape index (κ2) is 8.15. The van der Waals surface area contributed by atoms with Crippen LogP contribution < -0.4 is 10.6 Å². The normalized spacial score (nSPS) is 19.4. The van der Waals surface area contributed by atoms with Crippen molar-refractivity contribution >= 4 is 34.2 Å². The number of pyridine rings is 1. The molecule has 3 aromatic rings. The third kappa shape index (κ3) is 4.25. The van der Waals surface area contributed by atoms with Crippen molar-refractivity contribution in [3.05, 3.63) is 71.1 Å². The van der Waals surface area contributed by atoms with Crippen LogP contribution in [0.5, 0.6) is 0 Å². The molecule has 4 nitrogen and oxygen atoms in total. The SMILES string of the molecule is N=C(Nc1cccc(Cl)c1)NC1CCC(c2ccnc3ccc(F)cc23)CC1. The van der Waals surface area contributed by atoms with Gasteiger partial charge in [0.15, 0.2) is 5.96 Å². The molecule has 0 unspecified atom stereocenters. The van der Waals surface area contributed by atoms with Gasteiger partial charge in [0.2, 0.25) is 0 Å². The quantitative estimate of drug-likeness (QED) is 0.393. The molecule has 0 bridgehead atoms. The van der Waals surface area contributed by atoms with E-state index in [0.29, 0.717) is 10.9 Å². The second-order valence-electron chi connectivity index (χ2n) is 7.26. The summed E-state index contributed by atoms with van der Waals surface area (Å²) in [6.07, 6.45) is 5.73. The van der Waals surface area contributed by atoms with Crippen LogP contribution in [0.25, 0.3) is 10.9 Å². The van der Waals surface area contributed by atoms with Crippen molar-refractivity contribution in [3.63, 3.8) is 0 Å². The minimum absolute atomic E-state index is 0.224. The molecule has 0 aliphatic heterocycles. The summed E-state index contributed by atoms with van der Waals surface area (Å²) in [6.45, 7) is 0. The zero-order valence-electron chi connectivity index (χ0n) is 15.4. The van der Waals surface area contributed by atoms with Gasteiger partial charge in [0.05, 0.1) is 5.52 Å². The fourth-order valence-electron chi connectivity index (χ4n) is 4.00. The molecular formula is C22H22ClFN4. The van der Waals surface area contributed by atoms with Gasteiger partial charge < -0.3 is 10.6 Å². The van der Waals surface area contributed by atoms with Crippen molar-refractivity contribution in [1.29, 1.82) is 5.41 Å². The van der Waals surface area contributed by atoms with Crippen LogP contribution in [0.4, 0.5) is 10.1 Å². The Morgan fingerprint density at radius 2 is 1.89 bits per heavy atom. The molecule has 28 heavy (non-hydrogen) atoms. The first-order valence-corrected chi connectivity index (χ1v) is 9.88. The molecule has 0 spiro atoms. The summed E-state index contributed by atoms with van der Waals surface area (Å²) >= 11 is 5.99. The Morgan fingerprint density at radius 1 is 1.07 bits per heavy atom. The molecule has 3 N–H and O–H groups in total. The fraction of sp³-hybridized carbons (Fsp3) is 0.273. The highest BCUT2D eigenvalue weighted by atomic mass is 35.5. The van der Waals surface area contributed by atoms with Crippen LogP contribution in [0.1, 0.15) is 37.2 Å². The Hall–Kier alpha value is -2.66. The van der Waals surface area contributed by atoms with E-state index in [4.69, 9.17) is 17.0 Å². The van der Waals surface area contributed by atoms with E-state index >= 15 is 0 Å². The minimum atomic E-state index is -0.224. The topological polar surface area (TPSA) is 60.8 Å². The van der Waals surface area contributed by atoms with Crippen molar-refractivity contribution in [3.8, 4) is 0 Å². The number of hydrogen-bond donors (Lipinski definition) is 3. The molecular weight excluding hydrogens is 375 g/mol. The van der Waals surface area contributed by atoms with Gasteiger partial charge in [-0.2, -0.15) is 0 Å². The van der Waals surface area contributed by atoms with Crippen LogP contribution in [0.15, 0.2) is 54.7 Å². The van der Waals surface area contributed by atoms with E-state index in [1.165, 1.54) is 11.6 Å². The molecule has 0 atom stereocenters. The number of nitrogens with one attached hydrogen (secondary N) is 3. The van der Waals surface area contributed by atoms with Crippen molar-refractivity contribution in [1.82, 2.24) is 10.3 Å². The Labute approximate surface area is 168 Å². The Kier molecular flexibility index (Phi) is 5.44. The van der Waals surface area contributed by atoms with Gasteiger partial charge in [0.1, 0.15) is 5.82 Å². The lowest BCUT2D eigenvalue weighted by atomic mass is 9.80. The summed E-state index contributed by atoms with van der Waals surface area (Å²) in [4.78, 5) is 4.35. The fourth-order valence-corrected chi connectivity index (χ4v) is 4.19. The lowest BCUT2D eigenvalue weighted by molar-refractivity contribution is 0.374. The highest BCUT2D eigenvalue weighted by molar-refractivity contribution is 6.30. The van der Waals surface area contributed by atoms with Crippen LogP contribution in [0.3, 0.4) is 0 Å². The lowest BCUT2D eigenvalue weighted by Crippen LogP contribution is -2.40. The van der Waals surface area contributed by atoms with E-state index in [1.807, 2.05) is 24.4 Å². The van der Waals surface area contributed by atoms with Gasteiger partial charge in [0, 0.05) is 28.3 Å². The van der Waals surface area contributed by atoms with E-state index in [2.05, 4.69) is 15.6 Å². The van der Waals surface area contributed by atoms with Gasteiger partial charge in [0.25, 0.3) is 0 Å². The standard InChI is InChI=1S/C22H22ClFN4/c23-15-2-1-3-18(12-15)28-22(25)27-17-7-4-14(5-8-17)19-10-11-26-21-9-6-16(24)13-20(19)21/h1-3,6,9-14,17H,4-5,7-8H2,(H3,25,27,28). The third-order valence-electron chi connectivity index (χ3n) is 5.35. The van der Waals surface area contributed by atoms with Crippen LogP contribution in [0.2, 0.25) is 5.02 Å². The van der Waals surface area contributed by atoms with E-state index in [1.54, 1.807) is 24.3 Å². The maximum absolute atomic E-state index is 13.7. The van der Waals surface area contributed by atoms with E-state index < -0.39 is 0 Å². The average Bonchev–Trinajstić information content (AvgIpc) is 2.68. The number of halogens is 2. The molecule has 0 amide bonds. The maximum Gasteiger partial charge on any atom is 0.193 e. The molecule has 144 valence electrons. The predicted octanol–water partition coefficient (Wildman–Crippen LogP) is 5.69. The van der Waals surface area contributed by atoms with Gasteiger partial charge in [-0.25, -0.2) is 4.39 Å². The van der Waals surface area contributed by atoms with E-state index in [0.717, 1.165) is 42.3 Å². The number of nitrogens with zero attached hydrogens (tertiary/aromatic N) is 1. The molecule has 1 saturated carbocycles. The Bertz CT molecular complexity index is 999. The molecule has 1 aliphatic carbocycles. The maximum atomic E-state index is 13.7. The molecule has 2 aromatic carbocycles. The van der Waals surface area contributed by atoms with Gasteiger partial charge in [-0.1, -0.05) is 17.7 Å². The first-order chi connectivity index (χ1) is 13.6. The number of benzene rings is 2. The third-order valence-corrected chi connectivity index (χ3v) is 5.58. The van der Waals surface area contributed by atoms with E-state index in [9.17, 15) is 4.39 Å². The summed E-state index contributed by atoms with van der Waals surface area (Å²) in [5.74, 6) is 0.445. The summed E-state index contributed by atoms with van der Waals surface area (Å²) in [5, 5.41) is 16.0. The predicted molar refractivity (Wildman–Crippen MR) is 113 cm³/mol. The summed E-state index contributed by atoms with van der Waals surface area (Å²) < 4.78 is 13.7. The molecule has 1 fully saturated rings. The van der Waals surface area contributed by atoms with Crippen LogP contribution >= 0.6 is 11.6 Å². The largest absolute Gasteiger partial charge is 0.354 e. The highest BCUT2D eigenvalue weighted by Gasteiger charge is 2.24. The second-order valence-corrected chi connectivity index (χ2v) is 7.70. The molecule has 1 aliphatic rings. The van der Waals surface area contributed by atoms with Crippen LogP contribution in [0, 0.1) is 11.2 Å². The number of rotatable bonds is 3. The zero-order valence-corrected chi connectivity index (χ0v) is 16.1. The summed E-state index contributed by atoms with van der Waals surface area (Å²) in [6, 6.07) is 14.4. The van der Waals surface area contributed by atoms with Gasteiger partial charge >= 0.3 is 0 Å². The zero-order chi connectivity index (χ0) is 19.5. The number of fused-ring (bicyclic) bond motifs is 1. The highest BCUT2D eigenvalue weighted by Crippen LogP contribution is 2.36. The monoisotopic (exact) mass is 396 g/mol. The minimum Gasteiger partial charge on any atom is -0.354 e. The van der Waals surface area contributed by atoms with E-state index in [-0.39, 0.29) is 17.8 Å². The smallest absolute Gasteiger partial charge is 0.193 e. The number of hydrogen-bond acceptors (Lipinski definition) is 2. The molecule has 1 aromatic heterocycles. The molecule has 4 rings (SSSR count). The summed E-state index contributed by atoms with van der Waals surface area (Å²) in [7, 11) is 0. The number of guanidine groups is 1. The lowest BCUT2D eigenvalue weighted by Gasteiger charge is -2.30. The molecule has 6 heteroatoms. The van der Waals surface area contributed by atoms with Gasteiger partial charge in [-0.05, 0) is 79.6 Å².